The number of fused-ring (bicyclic) bond motifs is 2. The lowest BCUT2D eigenvalue weighted by atomic mass is 9.83. The molecule has 3 amide bonds. The van der Waals surface area contributed by atoms with E-state index in [0.717, 1.165) is 48.6 Å². The quantitative estimate of drug-likeness (QED) is 0.366. The van der Waals surface area contributed by atoms with Gasteiger partial charge in [0.15, 0.2) is 0 Å². The molecule has 2 aromatic carbocycles. The molecule has 4 atom stereocenters. The Morgan fingerprint density at radius 1 is 1.02 bits per heavy atom. The first-order valence-electron chi connectivity index (χ1n) is 16.0. The number of hydrogen-bond donors (Lipinski definition) is 2. The number of hydrogen-bond acceptors (Lipinski definition) is 4. The lowest BCUT2D eigenvalue weighted by Crippen LogP contribution is -2.55. The van der Waals surface area contributed by atoms with Gasteiger partial charge in [-0.05, 0) is 75.3 Å². The number of halogens is 1. The van der Waals surface area contributed by atoms with Crippen LogP contribution in [0.25, 0.3) is 10.9 Å². The Labute approximate surface area is 258 Å². The van der Waals surface area contributed by atoms with Crippen molar-refractivity contribution in [2.75, 3.05) is 13.1 Å². The van der Waals surface area contributed by atoms with E-state index in [-0.39, 0.29) is 48.0 Å². The van der Waals surface area contributed by atoms with Crippen LogP contribution in [0.1, 0.15) is 76.3 Å². The molecule has 3 heterocycles. The van der Waals surface area contributed by atoms with Gasteiger partial charge in [-0.3, -0.25) is 9.59 Å². The summed E-state index contributed by atoms with van der Waals surface area (Å²) in [5.41, 5.74) is 1.92. The molecule has 6 rings (SSSR count). The summed E-state index contributed by atoms with van der Waals surface area (Å²) < 4.78 is 19.7. The molecule has 9 heteroatoms. The summed E-state index contributed by atoms with van der Waals surface area (Å²) in [6, 6.07) is 13.3. The maximum absolute atomic E-state index is 14.6. The van der Waals surface area contributed by atoms with E-state index < -0.39 is 17.7 Å². The molecule has 234 valence electrons. The van der Waals surface area contributed by atoms with Gasteiger partial charge in [-0.2, -0.15) is 0 Å². The number of aromatic amines is 1. The van der Waals surface area contributed by atoms with Crippen LogP contribution in [0.15, 0.2) is 54.7 Å². The summed E-state index contributed by atoms with van der Waals surface area (Å²) in [4.78, 5) is 48.5. The van der Waals surface area contributed by atoms with Crippen molar-refractivity contribution in [2.24, 2.45) is 5.92 Å². The Kier molecular flexibility index (Phi) is 8.40. The molecule has 3 aromatic rings. The van der Waals surface area contributed by atoms with Crippen molar-refractivity contribution in [3.63, 3.8) is 0 Å². The van der Waals surface area contributed by atoms with Gasteiger partial charge in [-0.25, -0.2) is 9.18 Å². The van der Waals surface area contributed by atoms with Crippen molar-refractivity contribution in [2.45, 2.75) is 95.4 Å². The average molecular weight is 603 g/mol. The van der Waals surface area contributed by atoms with Crippen LogP contribution in [-0.2, 0) is 20.7 Å². The number of likely N-dealkylation sites (tertiary alicyclic amines) is 2. The minimum Gasteiger partial charge on any atom is -0.444 e. The first-order valence-corrected chi connectivity index (χ1v) is 16.0. The van der Waals surface area contributed by atoms with Crippen LogP contribution in [0.2, 0.25) is 0 Å². The molecule has 2 aliphatic heterocycles. The first kappa shape index (κ1) is 30.2. The van der Waals surface area contributed by atoms with E-state index in [4.69, 9.17) is 4.74 Å². The maximum atomic E-state index is 14.6. The van der Waals surface area contributed by atoms with Crippen molar-refractivity contribution < 1.29 is 23.5 Å². The Balaban J connectivity index is 1.33. The molecule has 2 N–H and O–H groups in total. The van der Waals surface area contributed by atoms with E-state index in [1.165, 1.54) is 12.1 Å². The number of H-pyrrole nitrogens is 1. The van der Waals surface area contributed by atoms with E-state index in [9.17, 15) is 18.8 Å². The van der Waals surface area contributed by atoms with Crippen molar-refractivity contribution >= 4 is 28.8 Å². The fraction of sp³-hybridized carbons (Fsp3) is 0.514. The molecule has 3 aliphatic rings. The van der Waals surface area contributed by atoms with Gasteiger partial charge in [-0.15, -0.1) is 0 Å². The molecule has 0 radical (unpaired) electrons. The van der Waals surface area contributed by atoms with Gasteiger partial charge in [0.25, 0.3) is 0 Å². The number of carbonyl (C=O) groups excluding carboxylic acids is 3. The normalized spacial score (nSPS) is 23.0. The lowest BCUT2D eigenvalue weighted by Gasteiger charge is -2.36. The second kappa shape index (κ2) is 12.3. The van der Waals surface area contributed by atoms with Gasteiger partial charge in [0.2, 0.25) is 11.8 Å². The second-order valence-electron chi connectivity index (χ2n) is 13.6. The predicted molar refractivity (Wildman–Crippen MR) is 166 cm³/mol. The molecule has 3 unspecified atom stereocenters. The van der Waals surface area contributed by atoms with Crippen molar-refractivity contribution in [3.05, 3.63) is 71.7 Å². The monoisotopic (exact) mass is 602 g/mol. The Hall–Kier alpha value is -3.88. The zero-order valence-electron chi connectivity index (χ0n) is 25.9. The molecule has 1 aliphatic carbocycles. The van der Waals surface area contributed by atoms with Crippen LogP contribution in [-0.4, -0.2) is 69.5 Å². The Morgan fingerprint density at radius 2 is 1.77 bits per heavy atom. The Bertz CT molecular complexity index is 1510. The topological polar surface area (TPSA) is 94.7 Å². The van der Waals surface area contributed by atoms with Crippen LogP contribution >= 0.6 is 0 Å². The number of ether oxygens (including phenoxy) is 1. The summed E-state index contributed by atoms with van der Waals surface area (Å²) in [6.45, 7) is 6.39. The smallest absolute Gasteiger partial charge is 0.408 e. The van der Waals surface area contributed by atoms with Crippen molar-refractivity contribution in [1.29, 1.82) is 0 Å². The number of aromatic nitrogens is 1. The van der Waals surface area contributed by atoms with Gasteiger partial charge < -0.3 is 24.8 Å². The highest BCUT2D eigenvalue weighted by atomic mass is 19.1. The predicted octanol–water partition coefficient (Wildman–Crippen LogP) is 5.92. The summed E-state index contributed by atoms with van der Waals surface area (Å²) in [6.07, 6.45) is 7.16. The zero-order chi connectivity index (χ0) is 31.0. The molecule has 1 saturated carbocycles. The highest BCUT2D eigenvalue weighted by molar-refractivity contribution is 5.88. The highest BCUT2D eigenvalue weighted by Gasteiger charge is 2.53. The third-order valence-electron chi connectivity index (χ3n) is 9.56. The number of benzene rings is 2. The van der Waals surface area contributed by atoms with Gasteiger partial charge in [0.05, 0.1) is 18.5 Å². The molecular formula is C35H43FN4O4. The van der Waals surface area contributed by atoms with E-state index >= 15 is 0 Å². The molecule has 0 bridgehead atoms. The van der Waals surface area contributed by atoms with Gasteiger partial charge >= 0.3 is 6.09 Å². The number of rotatable bonds is 6. The average Bonchev–Trinajstić information content (AvgIpc) is 3.70. The van der Waals surface area contributed by atoms with E-state index in [0.29, 0.717) is 25.0 Å². The minimum absolute atomic E-state index is 0.0227. The fourth-order valence-corrected chi connectivity index (χ4v) is 7.67. The SMILES string of the molecule is CC(C)(C)OC(=O)NC(C(=O)N1CCC2C1[C@@H](c1c[nH]c3cc(F)ccc13)CN2C(=O)Cc1ccccc1)C1CCCCC1. The standard InChI is InChI=1S/C35H43FN4O4/c1-35(2,3)44-34(43)38-31(23-12-8-5-9-13-23)33(42)39-17-16-29-32(39)27(26-20-37-28-19-24(36)14-15-25(26)28)21-40(29)30(41)18-22-10-6-4-7-11-22/h4,6-7,10-11,14-15,19-20,23,27,29,31-32,37H,5,8-9,12-13,16-18,21H2,1-3H3,(H,38,43)/t27-,29?,31?,32?/m1/s1. The van der Waals surface area contributed by atoms with Crippen LogP contribution in [0.4, 0.5) is 9.18 Å². The summed E-state index contributed by atoms with van der Waals surface area (Å²) in [7, 11) is 0. The molecule has 3 fully saturated rings. The summed E-state index contributed by atoms with van der Waals surface area (Å²) in [5, 5.41) is 3.86. The van der Waals surface area contributed by atoms with Crippen molar-refractivity contribution in [1.82, 2.24) is 20.1 Å². The molecule has 44 heavy (non-hydrogen) atoms. The van der Waals surface area contributed by atoms with Gasteiger partial charge in [-0.1, -0.05) is 49.6 Å². The zero-order valence-corrected chi connectivity index (χ0v) is 25.9. The van der Waals surface area contributed by atoms with Gasteiger partial charge in [0.1, 0.15) is 17.5 Å². The maximum Gasteiger partial charge on any atom is 0.408 e. The third kappa shape index (κ3) is 6.19. The number of carbonyl (C=O) groups is 3. The van der Waals surface area contributed by atoms with E-state index in [2.05, 4.69) is 10.3 Å². The molecule has 0 spiro atoms. The molecule has 2 saturated heterocycles. The Morgan fingerprint density at radius 3 is 2.50 bits per heavy atom. The second-order valence-corrected chi connectivity index (χ2v) is 13.6. The fourth-order valence-electron chi connectivity index (χ4n) is 7.67. The largest absolute Gasteiger partial charge is 0.444 e. The minimum atomic E-state index is -0.698. The van der Waals surface area contributed by atoms with Crippen LogP contribution < -0.4 is 5.32 Å². The summed E-state index contributed by atoms with van der Waals surface area (Å²) >= 11 is 0. The first-order chi connectivity index (χ1) is 21.1. The molecule has 8 nitrogen and oxygen atoms in total. The number of alkyl carbamates (subject to hydrolysis) is 1. The van der Waals surface area contributed by atoms with Crippen LogP contribution in [0.3, 0.4) is 0 Å². The van der Waals surface area contributed by atoms with Gasteiger partial charge in [0, 0.05) is 36.1 Å². The number of nitrogens with zero attached hydrogens (tertiary/aromatic N) is 2. The highest BCUT2D eigenvalue weighted by Crippen LogP contribution is 2.44. The number of nitrogens with one attached hydrogen (secondary N) is 2. The lowest BCUT2D eigenvalue weighted by molar-refractivity contribution is -0.137. The molecular weight excluding hydrogens is 559 g/mol. The third-order valence-corrected chi connectivity index (χ3v) is 9.56. The van der Waals surface area contributed by atoms with Crippen molar-refractivity contribution in [3.8, 4) is 0 Å². The van der Waals surface area contributed by atoms with E-state index in [1.54, 1.807) is 6.07 Å². The van der Waals surface area contributed by atoms with Crippen LogP contribution in [0, 0.1) is 11.7 Å². The van der Waals surface area contributed by atoms with E-state index in [1.807, 2.05) is 67.1 Å². The molecule has 1 aromatic heterocycles. The number of amides is 3. The van der Waals surface area contributed by atoms with Crippen LogP contribution in [0.5, 0.6) is 0 Å². The summed E-state index contributed by atoms with van der Waals surface area (Å²) in [5.74, 6) is -0.544.